The van der Waals surface area contributed by atoms with Crippen molar-refractivity contribution >= 4 is 17.6 Å². The molecule has 1 fully saturated rings. The van der Waals surface area contributed by atoms with Crippen LogP contribution in [0.5, 0.6) is 11.5 Å². The molecule has 160 valence electrons. The third-order valence-electron chi connectivity index (χ3n) is 5.39. The van der Waals surface area contributed by atoms with Crippen LogP contribution in [0.4, 0.5) is 10.5 Å². The predicted octanol–water partition coefficient (Wildman–Crippen LogP) is 3.81. The van der Waals surface area contributed by atoms with Crippen LogP contribution in [0.1, 0.15) is 35.6 Å². The maximum atomic E-state index is 12.5. The smallest absolute Gasteiger partial charge is 0.325 e. The fourth-order valence-electron chi connectivity index (χ4n) is 3.92. The Morgan fingerprint density at radius 1 is 1.10 bits per heavy atom. The highest BCUT2D eigenvalue weighted by molar-refractivity contribution is 6.02. The van der Waals surface area contributed by atoms with Crippen LogP contribution in [0.3, 0.4) is 0 Å². The van der Waals surface area contributed by atoms with Gasteiger partial charge in [0.1, 0.15) is 11.5 Å². The van der Waals surface area contributed by atoms with E-state index >= 15 is 0 Å². The number of hydrogen-bond donors (Lipinski definition) is 2. The molecule has 0 aliphatic carbocycles. The number of benzene rings is 2. The average molecular weight is 412 g/mol. The Balaban J connectivity index is 1.62. The number of ether oxygens (including phenoxy) is 2. The molecule has 1 aliphatic rings. The van der Waals surface area contributed by atoms with Gasteiger partial charge in [0, 0.05) is 23.4 Å². The molecule has 0 spiro atoms. The van der Waals surface area contributed by atoms with E-state index in [4.69, 9.17) is 9.47 Å². The summed E-state index contributed by atoms with van der Waals surface area (Å²) >= 11 is 0. The summed E-state index contributed by atoms with van der Waals surface area (Å²) in [7, 11) is 3.24. The van der Waals surface area contributed by atoms with E-state index in [2.05, 4.69) is 15.5 Å². The minimum absolute atomic E-state index is 0.0546. The number of amides is 3. The van der Waals surface area contributed by atoms with E-state index in [1.807, 2.05) is 50.2 Å². The SMILES string of the molecule is COc1ccc([C@H]2CCCN2CC(=O)NC(=O)Nc2ccc(C)cc2C)c(OC)c1. The zero-order chi connectivity index (χ0) is 21.7. The molecule has 1 atom stereocenters. The number of hydrogen-bond acceptors (Lipinski definition) is 5. The summed E-state index contributed by atoms with van der Waals surface area (Å²) < 4.78 is 10.8. The number of imide groups is 1. The van der Waals surface area contributed by atoms with Crippen molar-refractivity contribution in [1.82, 2.24) is 10.2 Å². The van der Waals surface area contributed by atoms with Crippen LogP contribution in [-0.2, 0) is 4.79 Å². The lowest BCUT2D eigenvalue weighted by atomic mass is 10.0. The Labute approximate surface area is 177 Å². The number of rotatable bonds is 6. The zero-order valence-corrected chi connectivity index (χ0v) is 18.0. The highest BCUT2D eigenvalue weighted by Gasteiger charge is 2.30. The molecule has 3 rings (SSSR count). The molecular weight excluding hydrogens is 382 g/mol. The number of methoxy groups -OCH3 is 2. The van der Waals surface area contributed by atoms with Crippen molar-refractivity contribution in [3.05, 3.63) is 53.1 Å². The number of likely N-dealkylation sites (tertiary alicyclic amines) is 1. The molecule has 7 heteroatoms. The van der Waals surface area contributed by atoms with Crippen LogP contribution in [0, 0.1) is 13.8 Å². The van der Waals surface area contributed by atoms with Gasteiger partial charge in [0.15, 0.2) is 0 Å². The van der Waals surface area contributed by atoms with Crippen LogP contribution in [0.2, 0.25) is 0 Å². The topological polar surface area (TPSA) is 79.9 Å². The Kier molecular flexibility index (Phi) is 6.95. The third kappa shape index (κ3) is 5.10. The molecule has 1 heterocycles. The van der Waals surface area contributed by atoms with Crippen LogP contribution in [0.15, 0.2) is 36.4 Å². The highest BCUT2D eigenvalue weighted by Crippen LogP contribution is 2.38. The Morgan fingerprint density at radius 3 is 2.60 bits per heavy atom. The molecule has 0 bridgehead atoms. The minimum atomic E-state index is -0.523. The zero-order valence-electron chi connectivity index (χ0n) is 18.0. The lowest BCUT2D eigenvalue weighted by molar-refractivity contribution is -0.121. The number of urea groups is 1. The lowest BCUT2D eigenvalue weighted by Gasteiger charge is -2.25. The van der Waals surface area contributed by atoms with Crippen molar-refractivity contribution < 1.29 is 19.1 Å². The molecule has 0 unspecified atom stereocenters. The maximum Gasteiger partial charge on any atom is 0.325 e. The minimum Gasteiger partial charge on any atom is -0.497 e. The summed E-state index contributed by atoms with van der Waals surface area (Å²) in [6, 6.07) is 11.0. The fourth-order valence-corrected chi connectivity index (χ4v) is 3.92. The number of nitrogens with zero attached hydrogens (tertiary/aromatic N) is 1. The van der Waals surface area contributed by atoms with Gasteiger partial charge in [-0.1, -0.05) is 23.8 Å². The first-order chi connectivity index (χ1) is 14.4. The molecule has 1 saturated heterocycles. The standard InChI is InChI=1S/C23H29N3O4/c1-15-7-10-19(16(2)12-15)24-23(28)25-22(27)14-26-11-5-6-20(26)18-9-8-17(29-3)13-21(18)30-4/h7-10,12-13,20H,5-6,11,14H2,1-4H3,(H2,24,25,27,28)/t20-/m1/s1. The van der Waals surface area contributed by atoms with Crippen LogP contribution < -0.4 is 20.1 Å². The molecule has 2 aromatic rings. The van der Waals surface area contributed by atoms with E-state index in [0.29, 0.717) is 5.69 Å². The second kappa shape index (κ2) is 9.63. The van der Waals surface area contributed by atoms with Gasteiger partial charge in [-0.3, -0.25) is 15.0 Å². The van der Waals surface area contributed by atoms with Gasteiger partial charge < -0.3 is 14.8 Å². The summed E-state index contributed by atoms with van der Waals surface area (Å²) in [4.78, 5) is 26.8. The first-order valence-corrected chi connectivity index (χ1v) is 10.1. The van der Waals surface area contributed by atoms with Crippen molar-refractivity contribution in [2.45, 2.75) is 32.7 Å². The number of nitrogens with one attached hydrogen (secondary N) is 2. The van der Waals surface area contributed by atoms with E-state index < -0.39 is 6.03 Å². The van der Waals surface area contributed by atoms with Crippen LogP contribution in [0.25, 0.3) is 0 Å². The first-order valence-electron chi connectivity index (χ1n) is 10.1. The summed E-state index contributed by atoms with van der Waals surface area (Å²) in [5, 5.41) is 5.18. The molecule has 0 radical (unpaired) electrons. The van der Waals surface area contributed by atoms with E-state index in [9.17, 15) is 9.59 Å². The van der Waals surface area contributed by atoms with Crippen molar-refractivity contribution in [3.63, 3.8) is 0 Å². The van der Waals surface area contributed by atoms with E-state index in [0.717, 1.165) is 47.6 Å². The molecule has 0 saturated carbocycles. The van der Waals surface area contributed by atoms with E-state index in [-0.39, 0.29) is 18.5 Å². The van der Waals surface area contributed by atoms with E-state index in [1.165, 1.54) is 0 Å². The molecule has 1 aliphatic heterocycles. The molecule has 0 aromatic heterocycles. The second-order valence-corrected chi connectivity index (χ2v) is 7.56. The molecule has 3 amide bonds. The van der Waals surface area contributed by atoms with Crippen LogP contribution in [-0.4, -0.2) is 44.1 Å². The van der Waals surface area contributed by atoms with Gasteiger partial charge in [0.2, 0.25) is 5.91 Å². The number of aryl methyl sites for hydroxylation is 2. The number of carbonyl (C=O) groups excluding carboxylic acids is 2. The third-order valence-corrected chi connectivity index (χ3v) is 5.39. The maximum absolute atomic E-state index is 12.5. The second-order valence-electron chi connectivity index (χ2n) is 7.56. The normalized spacial score (nSPS) is 16.2. The Morgan fingerprint density at radius 2 is 1.90 bits per heavy atom. The van der Waals surface area contributed by atoms with Gasteiger partial charge in [0.05, 0.1) is 20.8 Å². The van der Waals surface area contributed by atoms with Gasteiger partial charge in [-0.05, 0) is 50.9 Å². The Hall–Kier alpha value is -3.06. The quantitative estimate of drug-likeness (QED) is 0.756. The average Bonchev–Trinajstić information content (AvgIpc) is 3.17. The summed E-state index contributed by atoms with van der Waals surface area (Å²) in [6.07, 6.45) is 1.90. The lowest BCUT2D eigenvalue weighted by Crippen LogP contribution is -2.41. The summed E-state index contributed by atoms with van der Waals surface area (Å²) in [6.45, 7) is 4.83. The van der Waals surface area contributed by atoms with Crippen LogP contribution >= 0.6 is 0 Å². The van der Waals surface area contributed by atoms with Gasteiger partial charge in [-0.25, -0.2) is 4.79 Å². The van der Waals surface area contributed by atoms with Crippen molar-refractivity contribution in [3.8, 4) is 11.5 Å². The predicted molar refractivity (Wildman–Crippen MR) is 116 cm³/mol. The largest absolute Gasteiger partial charge is 0.497 e. The molecule has 2 N–H and O–H groups in total. The van der Waals surface area contributed by atoms with Crippen molar-refractivity contribution in [2.75, 3.05) is 32.6 Å². The van der Waals surface area contributed by atoms with Crippen molar-refractivity contribution in [2.24, 2.45) is 0 Å². The number of anilines is 1. The highest BCUT2D eigenvalue weighted by atomic mass is 16.5. The summed E-state index contributed by atoms with van der Waals surface area (Å²) in [5.41, 5.74) is 3.77. The monoisotopic (exact) mass is 411 g/mol. The van der Waals surface area contributed by atoms with Gasteiger partial charge in [-0.2, -0.15) is 0 Å². The number of carbonyl (C=O) groups is 2. The first kappa shape index (κ1) is 21.6. The van der Waals surface area contributed by atoms with E-state index in [1.54, 1.807) is 14.2 Å². The van der Waals surface area contributed by atoms with Gasteiger partial charge in [0.25, 0.3) is 0 Å². The molecule has 30 heavy (non-hydrogen) atoms. The summed E-state index contributed by atoms with van der Waals surface area (Å²) in [5.74, 6) is 1.12. The molecule has 2 aromatic carbocycles. The fraction of sp³-hybridized carbons (Fsp3) is 0.391. The van der Waals surface area contributed by atoms with Gasteiger partial charge in [-0.15, -0.1) is 0 Å². The molecule has 7 nitrogen and oxygen atoms in total. The Bertz CT molecular complexity index is 929. The van der Waals surface area contributed by atoms with Gasteiger partial charge >= 0.3 is 6.03 Å². The molecular formula is C23H29N3O4. The van der Waals surface area contributed by atoms with Crippen molar-refractivity contribution in [1.29, 1.82) is 0 Å².